The molecular formula is C18H24Br2N2Ni. The maximum atomic E-state index is 4.48. The van der Waals surface area contributed by atoms with Crippen molar-refractivity contribution in [2.45, 2.75) is 52.4 Å². The van der Waals surface area contributed by atoms with Crippen LogP contribution >= 0.6 is 28.5 Å². The van der Waals surface area contributed by atoms with Crippen LogP contribution in [0.5, 0.6) is 0 Å². The third-order valence-electron chi connectivity index (χ3n) is 3.51. The predicted molar refractivity (Wildman–Crippen MR) is 103 cm³/mol. The molecule has 2 heterocycles. The summed E-state index contributed by atoms with van der Waals surface area (Å²) in [6.45, 7) is 13.3. The Kier molecular flexibility index (Phi) is 7.90. The third kappa shape index (κ3) is 6.64. The fourth-order valence-corrected chi connectivity index (χ4v) is 2.07. The summed E-state index contributed by atoms with van der Waals surface area (Å²) in [6.07, 6.45) is 3.75. The molecule has 0 amide bonds. The molecule has 0 aliphatic carbocycles. The number of aromatic nitrogens is 2. The Labute approximate surface area is 160 Å². The zero-order valence-corrected chi connectivity index (χ0v) is 18.6. The van der Waals surface area contributed by atoms with Crippen LogP contribution in [0.15, 0.2) is 36.7 Å². The van der Waals surface area contributed by atoms with E-state index in [-0.39, 0.29) is 10.8 Å². The van der Waals surface area contributed by atoms with E-state index in [1.54, 1.807) is 0 Å². The molecule has 23 heavy (non-hydrogen) atoms. The van der Waals surface area contributed by atoms with Gasteiger partial charge >= 0.3 is 39.3 Å². The molecular weight excluding hydrogens is 463 g/mol. The van der Waals surface area contributed by atoms with Gasteiger partial charge in [0.15, 0.2) is 0 Å². The number of pyridine rings is 2. The third-order valence-corrected chi connectivity index (χ3v) is 3.51. The fraction of sp³-hybridized carbons (Fsp3) is 0.444. The summed E-state index contributed by atoms with van der Waals surface area (Å²) in [7, 11) is 1.25. The summed E-state index contributed by atoms with van der Waals surface area (Å²) >= 11 is 6.00. The molecule has 130 valence electrons. The van der Waals surface area contributed by atoms with Gasteiger partial charge in [0.2, 0.25) is 0 Å². The van der Waals surface area contributed by atoms with Gasteiger partial charge in [-0.05, 0) is 46.2 Å². The first-order chi connectivity index (χ1) is 10.6. The van der Waals surface area contributed by atoms with E-state index in [1.807, 2.05) is 12.4 Å². The second-order valence-corrected chi connectivity index (χ2v) is 12.4. The van der Waals surface area contributed by atoms with Crippen molar-refractivity contribution in [1.82, 2.24) is 9.97 Å². The zero-order chi connectivity index (χ0) is 17.7. The topological polar surface area (TPSA) is 25.8 Å². The maximum absolute atomic E-state index is 4.48. The van der Waals surface area contributed by atoms with E-state index in [0.717, 1.165) is 11.4 Å². The van der Waals surface area contributed by atoms with Crippen LogP contribution in [0.25, 0.3) is 11.4 Å². The van der Waals surface area contributed by atoms with Gasteiger partial charge in [-0.15, -0.1) is 0 Å². The summed E-state index contributed by atoms with van der Waals surface area (Å²) in [4.78, 5) is 8.97. The summed E-state index contributed by atoms with van der Waals surface area (Å²) in [5.41, 5.74) is 4.71. The molecule has 0 spiro atoms. The second-order valence-electron chi connectivity index (χ2n) is 7.40. The van der Waals surface area contributed by atoms with E-state index in [9.17, 15) is 0 Å². The van der Waals surface area contributed by atoms with E-state index >= 15 is 0 Å². The van der Waals surface area contributed by atoms with Crippen LogP contribution in [0.2, 0.25) is 0 Å². The van der Waals surface area contributed by atoms with E-state index in [4.69, 9.17) is 0 Å². The average Bonchev–Trinajstić information content (AvgIpc) is 2.47. The van der Waals surface area contributed by atoms with Gasteiger partial charge in [-0.1, -0.05) is 41.5 Å². The average molecular weight is 487 g/mol. The van der Waals surface area contributed by atoms with E-state index < -0.39 is 0 Å². The molecule has 2 nitrogen and oxygen atoms in total. The van der Waals surface area contributed by atoms with Crippen LogP contribution in [-0.4, -0.2) is 9.97 Å². The predicted octanol–water partition coefficient (Wildman–Crippen LogP) is 6.43. The summed E-state index contributed by atoms with van der Waals surface area (Å²) in [5, 5.41) is 0. The van der Waals surface area contributed by atoms with Gasteiger partial charge in [0.25, 0.3) is 0 Å². The van der Waals surface area contributed by atoms with Crippen molar-refractivity contribution in [3.05, 3.63) is 47.8 Å². The van der Waals surface area contributed by atoms with Crippen molar-refractivity contribution >= 4 is 28.5 Å². The van der Waals surface area contributed by atoms with Gasteiger partial charge in [0, 0.05) is 12.4 Å². The molecule has 2 aromatic rings. The molecule has 0 saturated heterocycles. The molecule has 0 radical (unpaired) electrons. The van der Waals surface area contributed by atoms with Crippen LogP contribution in [0.1, 0.15) is 52.7 Å². The Morgan fingerprint density at radius 1 is 0.739 bits per heavy atom. The quantitative estimate of drug-likeness (QED) is 0.434. The first kappa shape index (κ1) is 20.8. The molecule has 0 fully saturated rings. The molecule has 0 aliphatic heterocycles. The Morgan fingerprint density at radius 2 is 1.04 bits per heavy atom. The van der Waals surface area contributed by atoms with Gasteiger partial charge in [0.05, 0.1) is 11.4 Å². The molecule has 0 N–H and O–H groups in total. The summed E-state index contributed by atoms with van der Waals surface area (Å²) in [6, 6.07) is 8.46. The fourth-order valence-electron chi connectivity index (χ4n) is 2.07. The number of rotatable bonds is 1. The van der Waals surface area contributed by atoms with Crippen molar-refractivity contribution in [2.75, 3.05) is 0 Å². The molecule has 0 saturated carbocycles. The van der Waals surface area contributed by atoms with Crippen LogP contribution < -0.4 is 0 Å². The summed E-state index contributed by atoms with van der Waals surface area (Å²) in [5.74, 6) is 0. The van der Waals surface area contributed by atoms with E-state index in [0.29, 0.717) is 0 Å². The normalized spacial score (nSPS) is 11.8. The Morgan fingerprint density at radius 3 is 1.30 bits per heavy atom. The molecule has 0 aliphatic rings. The van der Waals surface area contributed by atoms with Gasteiger partial charge in [0.1, 0.15) is 0 Å². The second kappa shape index (κ2) is 8.73. The Balaban J connectivity index is 0.000000816. The van der Waals surface area contributed by atoms with Crippen molar-refractivity contribution < 1.29 is 10.9 Å². The van der Waals surface area contributed by atoms with Crippen LogP contribution in [0.3, 0.4) is 0 Å². The summed E-state index contributed by atoms with van der Waals surface area (Å²) < 4.78 is 0. The van der Waals surface area contributed by atoms with Crippen LogP contribution in [-0.2, 0) is 21.7 Å². The number of hydrogen-bond donors (Lipinski definition) is 0. The molecule has 2 rings (SSSR count). The minimum atomic E-state index is 0.124. The minimum absolute atomic E-state index is 0.124. The standard InChI is InChI=1S/C18H24N2.2BrH.Ni/c1-17(2,3)13-7-9-19-15(11-13)16-12-14(8-10-20-16)18(4,5)6;;;/h7-12H,1-6H3;2*1H;/q;;;+2/p-2. The molecule has 2 aromatic heterocycles. The van der Waals surface area contributed by atoms with Gasteiger partial charge in [-0.3, -0.25) is 9.97 Å². The molecule has 0 atom stereocenters. The zero-order valence-electron chi connectivity index (χ0n) is 14.4. The van der Waals surface area contributed by atoms with E-state index in [1.165, 1.54) is 22.0 Å². The van der Waals surface area contributed by atoms with Crippen molar-refractivity contribution in [1.29, 1.82) is 0 Å². The SMILES string of the molecule is CC(C)(C)c1ccnc(-c2cc(C(C)(C)C)ccn2)c1.[Br][Ni][Br]. The van der Waals surface area contributed by atoms with Crippen LogP contribution in [0.4, 0.5) is 0 Å². The van der Waals surface area contributed by atoms with Gasteiger partial charge in [-0.25, -0.2) is 0 Å². The first-order valence-corrected chi connectivity index (χ1v) is 12.2. The monoisotopic (exact) mass is 484 g/mol. The molecule has 5 heteroatoms. The molecule has 0 unspecified atom stereocenters. The molecule has 0 aromatic carbocycles. The van der Waals surface area contributed by atoms with Gasteiger partial charge < -0.3 is 0 Å². The Hall–Kier alpha value is -0.246. The van der Waals surface area contributed by atoms with Crippen molar-refractivity contribution in [3.63, 3.8) is 0 Å². The number of nitrogens with zero attached hydrogens (tertiary/aromatic N) is 2. The van der Waals surface area contributed by atoms with Crippen molar-refractivity contribution in [3.8, 4) is 11.4 Å². The number of halogens is 2. The first-order valence-electron chi connectivity index (χ1n) is 7.35. The molecule has 0 bridgehead atoms. The van der Waals surface area contributed by atoms with Crippen molar-refractivity contribution in [2.24, 2.45) is 0 Å². The van der Waals surface area contributed by atoms with Gasteiger partial charge in [-0.2, -0.15) is 0 Å². The number of hydrogen-bond acceptors (Lipinski definition) is 2. The van der Waals surface area contributed by atoms with E-state index in [2.05, 4.69) is 104 Å². The Bertz CT molecular complexity index is 576. The van der Waals surface area contributed by atoms with Crippen LogP contribution in [0, 0.1) is 0 Å².